The Morgan fingerprint density at radius 2 is 2.12 bits per heavy atom. The van der Waals surface area contributed by atoms with E-state index in [1.54, 1.807) is 13.0 Å². The van der Waals surface area contributed by atoms with Crippen LogP contribution in [0.2, 0.25) is 0 Å². The monoisotopic (exact) mass is 416 g/mol. The Labute approximate surface area is 159 Å². The van der Waals surface area contributed by atoms with E-state index < -0.39 is 11.5 Å². The molecule has 1 aromatic carbocycles. The number of carbonyl (C=O) groups is 1. The second kappa shape index (κ2) is 9.08. The van der Waals surface area contributed by atoms with Crippen molar-refractivity contribution < 1.29 is 9.53 Å². The number of halogens is 1. The largest absolute Gasteiger partial charge is 0.380 e. The highest BCUT2D eigenvalue weighted by Gasteiger charge is 2.14. The van der Waals surface area contributed by atoms with Crippen molar-refractivity contribution in [2.75, 3.05) is 7.11 Å². The lowest BCUT2D eigenvalue weighted by molar-refractivity contribution is -0.121. The maximum absolute atomic E-state index is 12.4. The maximum atomic E-state index is 12.4. The van der Waals surface area contributed by atoms with Gasteiger partial charge in [0.2, 0.25) is 0 Å². The second-order valence-electron chi connectivity index (χ2n) is 5.47. The van der Waals surface area contributed by atoms with Crippen LogP contribution in [0.4, 0.5) is 0 Å². The van der Waals surface area contributed by atoms with Crippen LogP contribution in [0.15, 0.2) is 44.7 Å². The first-order chi connectivity index (χ1) is 12.5. The minimum atomic E-state index is -0.522. The van der Waals surface area contributed by atoms with Crippen LogP contribution in [0.3, 0.4) is 0 Å². The van der Waals surface area contributed by atoms with Crippen LogP contribution in [0.25, 0.3) is 0 Å². The van der Waals surface area contributed by atoms with Gasteiger partial charge in [-0.2, -0.15) is 10.4 Å². The molecule has 0 unspecified atom stereocenters. The van der Waals surface area contributed by atoms with Crippen LogP contribution in [0.5, 0.6) is 0 Å². The highest BCUT2D eigenvalue weighted by molar-refractivity contribution is 9.10. The number of benzene rings is 1. The summed E-state index contributed by atoms with van der Waals surface area (Å²) in [6.07, 6.45) is 1.50. The normalized spacial score (nSPS) is 10.7. The Bertz CT molecular complexity index is 927. The lowest BCUT2D eigenvalue weighted by atomic mass is 10.1. The predicted molar refractivity (Wildman–Crippen MR) is 101 cm³/mol. The number of hydrazone groups is 1. The molecule has 8 heteroatoms. The molecule has 0 spiro atoms. The van der Waals surface area contributed by atoms with E-state index in [0.29, 0.717) is 11.3 Å². The number of hydrogen-bond donors (Lipinski definition) is 1. The molecule has 26 heavy (non-hydrogen) atoms. The van der Waals surface area contributed by atoms with Crippen LogP contribution in [-0.2, 0) is 22.7 Å². The highest BCUT2D eigenvalue weighted by Crippen LogP contribution is 2.09. The van der Waals surface area contributed by atoms with Crippen molar-refractivity contribution in [1.82, 2.24) is 9.99 Å². The molecule has 0 aliphatic rings. The number of ether oxygens (including phenoxy) is 1. The minimum absolute atomic E-state index is 0.0244. The van der Waals surface area contributed by atoms with E-state index in [-0.39, 0.29) is 18.7 Å². The SMILES string of the molecule is COCc1cc(C)n(CC(=O)N/N=C/c2ccc(Br)cc2)c(=O)c1C#N. The zero-order valence-electron chi connectivity index (χ0n) is 14.3. The van der Waals surface area contributed by atoms with E-state index in [1.165, 1.54) is 17.9 Å². The van der Waals surface area contributed by atoms with Gasteiger partial charge in [0, 0.05) is 22.8 Å². The number of rotatable bonds is 6. The van der Waals surface area contributed by atoms with Gasteiger partial charge in [0.1, 0.15) is 18.2 Å². The van der Waals surface area contributed by atoms with Gasteiger partial charge in [0.05, 0.1) is 12.8 Å². The molecular formula is C18H17BrN4O3. The number of aryl methyl sites for hydroxylation is 1. The third kappa shape index (κ3) is 4.88. The van der Waals surface area contributed by atoms with E-state index in [1.807, 2.05) is 30.3 Å². The standard InChI is InChI=1S/C18H17BrN4O3/c1-12-7-14(11-26-2)16(8-20)18(25)23(12)10-17(24)22-21-9-13-3-5-15(19)6-4-13/h3-7,9H,10-11H2,1-2H3,(H,22,24)/b21-9+. The molecule has 7 nitrogen and oxygen atoms in total. The second-order valence-corrected chi connectivity index (χ2v) is 6.38. The Hall–Kier alpha value is -2.76. The van der Waals surface area contributed by atoms with Crippen LogP contribution in [0.1, 0.15) is 22.4 Å². The van der Waals surface area contributed by atoms with Gasteiger partial charge in [-0.15, -0.1) is 0 Å². The fourth-order valence-corrected chi connectivity index (χ4v) is 2.59. The van der Waals surface area contributed by atoms with Crippen molar-refractivity contribution in [3.05, 3.63) is 67.5 Å². The molecule has 0 fully saturated rings. The van der Waals surface area contributed by atoms with Gasteiger partial charge in [-0.1, -0.05) is 28.1 Å². The summed E-state index contributed by atoms with van der Waals surface area (Å²) in [4.78, 5) is 24.5. The Morgan fingerprint density at radius 3 is 2.73 bits per heavy atom. The molecule has 0 saturated carbocycles. The van der Waals surface area contributed by atoms with Crippen LogP contribution in [-0.4, -0.2) is 23.8 Å². The van der Waals surface area contributed by atoms with E-state index in [9.17, 15) is 14.9 Å². The number of methoxy groups -OCH3 is 1. The van der Waals surface area contributed by atoms with Gasteiger partial charge in [-0.25, -0.2) is 5.43 Å². The smallest absolute Gasteiger partial charge is 0.269 e. The topological polar surface area (TPSA) is 96.5 Å². The average molecular weight is 417 g/mol. The van der Waals surface area contributed by atoms with E-state index in [0.717, 1.165) is 10.0 Å². The summed E-state index contributed by atoms with van der Waals surface area (Å²) < 4.78 is 7.18. The zero-order valence-corrected chi connectivity index (χ0v) is 15.9. The van der Waals surface area contributed by atoms with Crippen molar-refractivity contribution in [3.63, 3.8) is 0 Å². The lowest BCUT2D eigenvalue weighted by Gasteiger charge is -2.12. The number of pyridine rings is 1. The molecule has 1 heterocycles. The molecular weight excluding hydrogens is 400 g/mol. The fraction of sp³-hybridized carbons (Fsp3) is 0.222. The van der Waals surface area contributed by atoms with Gasteiger partial charge in [0.15, 0.2) is 0 Å². The number of nitriles is 1. The molecule has 0 aliphatic heterocycles. The molecule has 0 radical (unpaired) electrons. The van der Waals surface area contributed by atoms with Crippen molar-refractivity contribution in [2.24, 2.45) is 5.10 Å². The van der Waals surface area contributed by atoms with Crippen molar-refractivity contribution in [3.8, 4) is 6.07 Å². The van der Waals surface area contributed by atoms with E-state index in [2.05, 4.69) is 26.5 Å². The Balaban J connectivity index is 2.12. The number of nitrogens with one attached hydrogen (secondary N) is 1. The predicted octanol–water partition coefficient (Wildman–Crippen LogP) is 2.09. The van der Waals surface area contributed by atoms with Gasteiger partial charge in [-0.3, -0.25) is 9.59 Å². The summed E-state index contributed by atoms with van der Waals surface area (Å²) in [6, 6.07) is 10.9. The molecule has 1 N–H and O–H groups in total. The summed E-state index contributed by atoms with van der Waals surface area (Å²) in [5, 5.41) is 13.1. The zero-order chi connectivity index (χ0) is 19.1. The van der Waals surface area contributed by atoms with Gasteiger partial charge < -0.3 is 9.30 Å². The van der Waals surface area contributed by atoms with Crippen molar-refractivity contribution >= 4 is 28.1 Å². The number of carbonyl (C=O) groups excluding carboxylic acids is 1. The molecule has 1 amide bonds. The Morgan fingerprint density at radius 1 is 1.42 bits per heavy atom. The molecule has 0 saturated heterocycles. The van der Waals surface area contributed by atoms with Gasteiger partial charge >= 0.3 is 0 Å². The minimum Gasteiger partial charge on any atom is -0.380 e. The van der Waals surface area contributed by atoms with Crippen LogP contribution >= 0.6 is 15.9 Å². The van der Waals surface area contributed by atoms with Crippen molar-refractivity contribution in [2.45, 2.75) is 20.1 Å². The maximum Gasteiger partial charge on any atom is 0.269 e. The first-order valence-corrected chi connectivity index (χ1v) is 8.45. The first kappa shape index (κ1) is 19.6. The third-order valence-corrected chi connectivity index (χ3v) is 4.10. The van der Waals surface area contributed by atoms with Gasteiger partial charge in [-0.05, 0) is 30.7 Å². The highest BCUT2D eigenvalue weighted by atomic mass is 79.9. The summed E-state index contributed by atoms with van der Waals surface area (Å²) in [5.41, 5.74) is 3.71. The molecule has 134 valence electrons. The quantitative estimate of drug-likeness (QED) is 0.575. The number of aromatic nitrogens is 1. The van der Waals surface area contributed by atoms with E-state index in [4.69, 9.17) is 4.74 Å². The Kier molecular flexibility index (Phi) is 6.83. The molecule has 0 aliphatic carbocycles. The first-order valence-electron chi connectivity index (χ1n) is 7.66. The average Bonchev–Trinajstić information content (AvgIpc) is 2.61. The molecule has 0 bridgehead atoms. The van der Waals surface area contributed by atoms with Crippen LogP contribution in [0, 0.1) is 18.3 Å². The number of amides is 1. The molecule has 0 atom stereocenters. The molecule has 1 aromatic heterocycles. The summed E-state index contributed by atoms with van der Waals surface area (Å²) in [6.45, 7) is 1.62. The van der Waals surface area contributed by atoms with Crippen LogP contribution < -0.4 is 11.0 Å². The molecule has 2 rings (SSSR count). The number of nitrogens with zero attached hydrogens (tertiary/aromatic N) is 3. The lowest BCUT2D eigenvalue weighted by Crippen LogP contribution is -2.33. The number of hydrogen-bond acceptors (Lipinski definition) is 5. The van der Waals surface area contributed by atoms with Gasteiger partial charge in [0.25, 0.3) is 11.5 Å². The molecule has 2 aromatic rings. The van der Waals surface area contributed by atoms with E-state index >= 15 is 0 Å². The summed E-state index contributed by atoms with van der Waals surface area (Å²) in [7, 11) is 1.49. The fourth-order valence-electron chi connectivity index (χ4n) is 2.33. The summed E-state index contributed by atoms with van der Waals surface area (Å²) >= 11 is 3.34. The third-order valence-electron chi connectivity index (χ3n) is 3.58. The summed E-state index contributed by atoms with van der Waals surface area (Å²) in [5.74, 6) is -0.466. The van der Waals surface area contributed by atoms with Crippen molar-refractivity contribution in [1.29, 1.82) is 5.26 Å².